The lowest BCUT2D eigenvalue weighted by atomic mass is 9.90. The minimum atomic E-state index is -4.70. The zero-order valence-corrected chi connectivity index (χ0v) is 18.1. The number of ether oxygens (including phenoxy) is 1. The fraction of sp³-hybridized carbons (Fsp3) is 0.455. The topological polar surface area (TPSA) is 24.5 Å². The Balaban J connectivity index is 1.33. The molecule has 0 atom stereocenters. The summed E-state index contributed by atoms with van der Waals surface area (Å²) in [6, 6.07) is 11.2. The summed E-state index contributed by atoms with van der Waals surface area (Å²) >= 11 is 3.11. The highest BCUT2D eigenvalue weighted by atomic mass is 79.9. The molecule has 1 aliphatic rings. The number of likely N-dealkylation sites (tertiary alicyclic amines) is 1. The van der Waals surface area contributed by atoms with Gasteiger partial charge in [0.15, 0.2) is 0 Å². The lowest BCUT2D eigenvalue weighted by Gasteiger charge is -2.32. The Morgan fingerprint density at radius 1 is 1.07 bits per heavy atom. The average molecular weight is 489 g/mol. The fourth-order valence-electron chi connectivity index (χ4n) is 3.72. The minimum Gasteiger partial charge on any atom is -0.405 e. The molecule has 164 valence electrons. The van der Waals surface area contributed by atoms with E-state index < -0.39 is 6.36 Å². The van der Waals surface area contributed by atoms with Crippen molar-refractivity contribution in [2.24, 2.45) is 5.92 Å². The molecule has 1 aliphatic heterocycles. The molecule has 0 saturated carbocycles. The van der Waals surface area contributed by atoms with Crippen LogP contribution in [0.5, 0.6) is 5.75 Å². The molecule has 1 N–H and O–H groups in total. The van der Waals surface area contributed by atoms with Crippen molar-refractivity contribution in [2.45, 2.75) is 32.0 Å². The number of alkyl halides is 3. The van der Waals surface area contributed by atoms with Gasteiger partial charge in [-0.15, -0.1) is 13.2 Å². The molecule has 0 aromatic heterocycles. The Kier molecular flexibility index (Phi) is 7.99. The number of hydrogen-bond donors (Lipinski definition) is 1. The van der Waals surface area contributed by atoms with Crippen LogP contribution in [0.2, 0.25) is 0 Å². The van der Waals surface area contributed by atoms with E-state index in [4.69, 9.17) is 0 Å². The second-order valence-electron chi connectivity index (χ2n) is 7.59. The van der Waals surface area contributed by atoms with E-state index in [1.165, 1.54) is 23.8 Å². The van der Waals surface area contributed by atoms with Crippen LogP contribution in [0.25, 0.3) is 0 Å². The molecule has 1 saturated heterocycles. The molecule has 3 nitrogen and oxygen atoms in total. The number of hydrogen-bond acceptors (Lipinski definition) is 3. The second-order valence-corrected chi connectivity index (χ2v) is 8.44. The average Bonchev–Trinajstić information content (AvgIpc) is 2.69. The number of nitrogens with zero attached hydrogens (tertiary/aromatic N) is 1. The van der Waals surface area contributed by atoms with Crippen LogP contribution >= 0.6 is 15.9 Å². The van der Waals surface area contributed by atoms with Gasteiger partial charge in [0, 0.05) is 12.2 Å². The van der Waals surface area contributed by atoms with E-state index in [1.54, 1.807) is 12.1 Å². The molecule has 1 heterocycles. The van der Waals surface area contributed by atoms with Crippen LogP contribution < -0.4 is 10.1 Å². The third kappa shape index (κ3) is 7.47. The predicted octanol–water partition coefficient (Wildman–Crippen LogP) is 6.24. The van der Waals surface area contributed by atoms with Gasteiger partial charge in [0.05, 0.1) is 4.47 Å². The standard InChI is InChI=1S/C22H25BrF4N2O/c23-20-15-19(6-7-21(20)30-22(25,26)27)28-10-1-11-29-12-8-17(9-13-29)14-16-2-4-18(24)5-3-16/h2-7,15,17,28H,1,8-14H2. The van der Waals surface area contributed by atoms with Crippen molar-refractivity contribution in [1.29, 1.82) is 0 Å². The molecule has 0 bridgehead atoms. The summed E-state index contributed by atoms with van der Waals surface area (Å²) < 4.78 is 54.2. The van der Waals surface area contributed by atoms with E-state index in [9.17, 15) is 17.6 Å². The summed E-state index contributed by atoms with van der Waals surface area (Å²) in [7, 11) is 0. The molecule has 1 fully saturated rings. The lowest BCUT2D eigenvalue weighted by molar-refractivity contribution is -0.274. The van der Waals surface area contributed by atoms with Gasteiger partial charge in [0.25, 0.3) is 0 Å². The number of nitrogens with one attached hydrogen (secondary N) is 1. The Bertz CT molecular complexity index is 806. The maximum Gasteiger partial charge on any atom is 0.573 e. The fourth-order valence-corrected chi connectivity index (χ4v) is 4.18. The smallest absolute Gasteiger partial charge is 0.405 e. The first-order valence-corrected chi connectivity index (χ1v) is 10.8. The monoisotopic (exact) mass is 488 g/mol. The van der Waals surface area contributed by atoms with Crippen LogP contribution in [-0.2, 0) is 6.42 Å². The number of anilines is 1. The van der Waals surface area contributed by atoms with Crippen molar-refractivity contribution < 1.29 is 22.3 Å². The molecule has 3 rings (SSSR count). The van der Waals surface area contributed by atoms with Crippen LogP contribution in [0.4, 0.5) is 23.2 Å². The highest BCUT2D eigenvalue weighted by Crippen LogP contribution is 2.32. The molecule has 0 aliphatic carbocycles. The number of halogens is 5. The Morgan fingerprint density at radius 2 is 1.77 bits per heavy atom. The van der Waals surface area contributed by atoms with E-state index >= 15 is 0 Å². The van der Waals surface area contributed by atoms with Gasteiger partial charge < -0.3 is 15.0 Å². The van der Waals surface area contributed by atoms with Crippen LogP contribution in [-0.4, -0.2) is 37.4 Å². The van der Waals surface area contributed by atoms with Gasteiger partial charge in [-0.05, 0) is 103 Å². The molecule has 8 heteroatoms. The summed E-state index contributed by atoms with van der Waals surface area (Å²) in [6.07, 6.45) is -0.486. The maximum absolute atomic E-state index is 13.0. The second kappa shape index (κ2) is 10.5. The number of rotatable bonds is 8. The maximum atomic E-state index is 13.0. The molecular weight excluding hydrogens is 464 g/mol. The van der Waals surface area contributed by atoms with E-state index in [1.807, 2.05) is 12.1 Å². The predicted molar refractivity (Wildman–Crippen MR) is 113 cm³/mol. The van der Waals surface area contributed by atoms with E-state index in [-0.39, 0.29) is 16.0 Å². The lowest BCUT2D eigenvalue weighted by Crippen LogP contribution is -2.35. The van der Waals surface area contributed by atoms with E-state index in [0.29, 0.717) is 5.92 Å². The summed E-state index contributed by atoms with van der Waals surface area (Å²) in [5.74, 6) is 0.191. The number of piperidine rings is 1. The first kappa shape index (κ1) is 22.9. The van der Waals surface area contributed by atoms with Crippen LogP contribution in [0.15, 0.2) is 46.9 Å². The van der Waals surface area contributed by atoms with E-state index in [0.717, 1.165) is 57.5 Å². The zero-order valence-electron chi connectivity index (χ0n) is 16.5. The van der Waals surface area contributed by atoms with Gasteiger partial charge in [-0.3, -0.25) is 0 Å². The SMILES string of the molecule is Fc1ccc(CC2CCN(CCCNc3ccc(OC(F)(F)F)c(Br)c3)CC2)cc1. The van der Waals surface area contributed by atoms with Crippen LogP contribution in [0, 0.1) is 11.7 Å². The third-order valence-corrected chi connectivity index (χ3v) is 5.90. The van der Waals surface area contributed by atoms with Gasteiger partial charge in [-0.1, -0.05) is 12.1 Å². The van der Waals surface area contributed by atoms with Gasteiger partial charge in [0.1, 0.15) is 11.6 Å². The Hall–Kier alpha value is -1.80. The largest absolute Gasteiger partial charge is 0.573 e. The van der Waals surface area contributed by atoms with Gasteiger partial charge in [0.2, 0.25) is 0 Å². The van der Waals surface area contributed by atoms with Gasteiger partial charge in [-0.2, -0.15) is 0 Å². The summed E-state index contributed by atoms with van der Waals surface area (Å²) in [6.45, 7) is 3.83. The van der Waals surface area contributed by atoms with Crippen LogP contribution in [0.1, 0.15) is 24.8 Å². The quantitative estimate of drug-likeness (QED) is 0.351. The van der Waals surface area contributed by atoms with Crippen LogP contribution in [0.3, 0.4) is 0 Å². The molecule has 0 radical (unpaired) electrons. The highest BCUT2D eigenvalue weighted by molar-refractivity contribution is 9.10. The molecule has 0 unspecified atom stereocenters. The minimum absolute atomic E-state index is 0.194. The normalized spacial score (nSPS) is 15.9. The van der Waals surface area contributed by atoms with E-state index in [2.05, 4.69) is 30.9 Å². The molecular formula is C22H25BrF4N2O. The van der Waals surface area contributed by atoms with Crippen molar-refractivity contribution >= 4 is 21.6 Å². The van der Waals surface area contributed by atoms with Crippen molar-refractivity contribution in [3.8, 4) is 5.75 Å². The van der Waals surface area contributed by atoms with Crippen molar-refractivity contribution in [1.82, 2.24) is 4.90 Å². The number of benzene rings is 2. The molecule has 30 heavy (non-hydrogen) atoms. The Morgan fingerprint density at radius 3 is 2.40 bits per heavy atom. The van der Waals surface area contributed by atoms with Gasteiger partial charge >= 0.3 is 6.36 Å². The zero-order chi connectivity index (χ0) is 21.6. The molecule has 0 spiro atoms. The summed E-state index contributed by atoms with van der Waals surface area (Å²) in [5, 5.41) is 3.24. The molecule has 2 aromatic carbocycles. The Labute approximate surface area is 182 Å². The van der Waals surface area contributed by atoms with Crippen molar-refractivity contribution in [2.75, 3.05) is 31.5 Å². The first-order chi connectivity index (χ1) is 14.3. The van der Waals surface area contributed by atoms with Crippen molar-refractivity contribution in [3.05, 3.63) is 58.3 Å². The summed E-state index contributed by atoms with van der Waals surface area (Å²) in [5.41, 5.74) is 1.94. The highest BCUT2D eigenvalue weighted by Gasteiger charge is 2.31. The molecule has 0 amide bonds. The third-order valence-electron chi connectivity index (χ3n) is 5.28. The van der Waals surface area contributed by atoms with Crippen molar-refractivity contribution in [3.63, 3.8) is 0 Å². The first-order valence-electron chi connectivity index (χ1n) is 10.0. The van der Waals surface area contributed by atoms with Gasteiger partial charge in [-0.25, -0.2) is 4.39 Å². The molecule has 2 aromatic rings. The summed E-state index contributed by atoms with van der Waals surface area (Å²) in [4.78, 5) is 2.44.